The van der Waals surface area contributed by atoms with Gasteiger partial charge in [0.05, 0.1) is 22.4 Å². The summed E-state index contributed by atoms with van der Waals surface area (Å²) < 4.78 is 0. The summed E-state index contributed by atoms with van der Waals surface area (Å²) in [4.78, 5) is 24.2. The molecule has 1 amide bonds. The lowest BCUT2D eigenvalue weighted by atomic mass is 9.91. The number of aromatic nitrogens is 2. The number of likely N-dealkylation sites (tertiary alicyclic amines) is 1. The van der Waals surface area contributed by atoms with Gasteiger partial charge in [-0.1, -0.05) is 0 Å². The van der Waals surface area contributed by atoms with Gasteiger partial charge >= 0.3 is 0 Å². The molecule has 1 atom stereocenters. The Morgan fingerprint density at radius 3 is 2.55 bits per heavy atom. The first-order valence-corrected chi connectivity index (χ1v) is 10.2. The highest BCUT2D eigenvalue weighted by Crippen LogP contribution is 2.30. The Balaban J connectivity index is 1.33. The number of rotatable bonds is 5. The summed E-state index contributed by atoms with van der Waals surface area (Å²) in [5.41, 5.74) is 0.991. The molecule has 156 valence electrons. The van der Waals surface area contributed by atoms with Crippen molar-refractivity contribution < 1.29 is 15.0 Å². The SMILES string of the molecule is CC(=O)N1CCC(O)(CNC[C@]2(O)CCN(c3ccnc4cccnc34)C2)CC1. The number of carbonyl (C=O) groups excluding carboxylic acids is 1. The van der Waals surface area contributed by atoms with E-state index in [0.717, 1.165) is 23.3 Å². The topological polar surface area (TPSA) is 102 Å². The van der Waals surface area contributed by atoms with Crippen molar-refractivity contribution in [2.45, 2.75) is 37.4 Å². The summed E-state index contributed by atoms with van der Waals surface area (Å²) in [6.07, 6.45) is 5.29. The molecule has 3 N–H and O–H groups in total. The van der Waals surface area contributed by atoms with Crippen LogP contribution in [0.4, 0.5) is 5.69 Å². The smallest absolute Gasteiger partial charge is 0.219 e. The van der Waals surface area contributed by atoms with Crippen LogP contribution in [0.3, 0.4) is 0 Å². The van der Waals surface area contributed by atoms with Gasteiger partial charge < -0.3 is 25.3 Å². The number of nitrogens with zero attached hydrogens (tertiary/aromatic N) is 4. The van der Waals surface area contributed by atoms with Crippen molar-refractivity contribution in [1.82, 2.24) is 20.2 Å². The van der Waals surface area contributed by atoms with Crippen LogP contribution in [0.25, 0.3) is 11.0 Å². The molecule has 29 heavy (non-hydrogen) atoms. The van der Waals surface area contributed by atoms with Crippen LogP contribution in [-0.2, 0) is 4.79 Å². The van der Waals surface area contributed by atoms with Crippen molar-refractivity contribution in [3.8, 4) is 0 Å². The van der Waals surface area contributed by atoms with Gasteiger partial charge in [-0.2, -0.15) is 0 Å². The summed E-state index contributed by atoms with van der Waals surface area (Å²) in [6, 6.07) is 5.75. The predicted octanol–water partition coefficient (Wildman–Crippen LogP) is 0.534. The van der Waals surface area contributed by atoms with Crippen LogP contribution in [0.15, 0.2) is 30.6 Å². The van der Waals surface area contributed by atoms with Gasteiger partial charge in [-0.15, -0.1) is 0 Å². The van der Waals surface area contributed by atoms with E-state index in [9.17, 15) is 15.0 Å². The van der Waals surface area contributed by atoms with E-state index in [1.54, 1.807) is 24.2 Å². The summed E-state index contributed by atoms with van der Waals surface area (Å²) in [6.45, 7) is 4.80. The summed E-state index contributed by atoms with van der Waals surface area (Å²) in [5.74, 6) is 0.0542. The second kappa shape index (κ2) is 7.85. The Labute approximate surface area is 170 Å². The minimum atomic E-state index is -0.860. The minimum Gasteiger partial charge on any atom is -0.388 e. The fourth-order valence-electron chi connectivity index (χ4n) is 4.37. The van der Waals surface area contributed by atoms with Crippen molar-refractivity contribution in [2.75, 3.05) is 44.2 Å². The maximum atomic E-state index is 11.5. The molecule has 2 fully saturated rings. The monoisotopic (exact) mass is 399 g/mol. The van der Waals surface area contributed by atoms with Crippen molar-refractivity contribution >= 4 is 22.6 Å². The molecule has 2 aromatic heterocycles. The van der Waals surface area contributed by atoms with E-state index >= 15 is 0 Å². The van der Waals surface area contributed by atoms with Crippen molar-refractivity contribution in [1.29, 1.82) is 0 Å². The van der Waals surface area contributed by atoms with E-state index in [1.165, 1.54) is 0 Å². The second-order valence-electron chi connectivity index (χ2n) is 8.43. The lowest BCUT2D eigenvalue weighted by molar-refractivity contribution is -0.132. The van der Waals surface area contributed by atoms with Crippen LogP contribution in [0.1, 0.15) is 26.2 Å². The van der Waals surface area contributed by atoms with Gasteiger partial charge in [-0.25, -0.2) is 0 Å². The molecule has 2 aromatic rings. The first kappa shape index (κ1) is 20.0. The Bertz CT molecular complexity index is 878. The molecule has 4 heterocycles. The third-order valence-electron chi connectivity index (χ3n) is 6.20. The number of amides is 1. The number of hydrogen-bond donors (Lipinski definition) is 3. The minimum absolute atomic E-state index is 0.0542. The Kier molecular flexibility index (Phi) is 5.42. The van der Waals surface area contributed by atoms with Crippen LogP contribution in [-0.4, -0.2) is 81.5 Å². The highest BCUT2D eigenvalue weighted by molar-refractivity contribution is 5.87. The zero-order valence-corrected chi connectivity index (χ0v) is 16.8. The molecule has 0 aromatic carbocycles. The molecule has 0 radical (unpaired) electrons. The maximum absolute atomic E-state index is 11.5. The zero-order valence-electron chi connectivity index (χ0n) is 16.8. The van der Waals surface area contributed by atoms with Crippen molar-refractivity contribution in [2.24, 2.45) is 0 Å². The lowest BCUT2D eigenvalue weighted by Crippen LogP contribution is -2.53. The molecular formula is C21H29N5O3. The van der Waals surface area contributed by atoms with E-state index < -0.39 is 11.2 Å². The van der Waals surface area contributed by atoms with Crippen molar-refractivity contribution in [3.63, 3.8) is 0 Å². The Morgan fingerprint density at radius 1 is 1.07 bits per heavy atom. The fourth-order valence-corrected chi connectivity index (χ4v) is 4.37. The van der Waals surface area contributed by atoms with E-state index in [0.29, 0.717) is 52.0 Å². The molecule has 8 nitrogen and oxygen atoms in total. The van der Waals surface area contributed by atoms with Crippen LogP contribution < -0.4 is 10.2 Å². The Morgan fingerprint density at radius 2 is 1.79 bits per heavy atom. The highest BCUT2D eigenvalue weighted by atomic mass is 16.3. The van der Waals surface area contributed by atoms with E-state index in [2.05, 4.69) is 20.2 Å². The van der Waals surface area contributed by atoms with Gasteiger partial charge in [0.2, 0.25) is 5.91 Å². The first-order chi connectivity index (χ1) is 13.9. The van der Waals surface area contributed by atoms with Gasteiger partial charge in [0.25, 0.3) is 0 Å². The highest BCUT2D eigenvalue weighted by Gasteiger charge is 2.38. The number of carbonyl (C=O) groups is 1. The van der Waals surface area contributed by atoms with E-state index in [-0.39, 0.29) is 5.91 Å². The molecule has 0 saturated carbocycles. The normalized spacial score (nSPS) is 24.2. The molecule has 8 heteroatoms. The number of anilines is 1. The number of β-amino-alcohol motifs (C(OH)–C–C–N with tert-alkyl or cyclic N) is 1. The van der Waals surface area contributed by atoms with E-state index in [1.807, 2.05) is 18.2 Å². The average Bonchev–Trinajstić information content (AvgIpc) is 3.09. The summed E-state index contributed by atoms with van der Waals surface area (Å²) >= 11 is 0. The zero-order chi connectivity index (χ0) is 20.5. The van der Waals surface area contributed by atoms with Crippen LogP contribution >= 0.6 is 0 Å². The molecule has 2 aliphatic rings. The first-order valence-electron chi connectivity index (χ1n) is 10.2. The molecule has 0 spiro atoms. The standard InChI is InChI=1S/C21H29N5O3/c1-16(27)25-10-5-20(28,6-11-25)13-22-14-21(29)7-12-26(15-21)18-4-9-23-17-3-2-8-24-19(17)18/h2-4,8-9,22,28-29H,5-7,10-15H2,1H3/t21-/m1/s1. The molecule has 0 unspecified atom stereocenters. The summed E-state index contributed by atoms with van der Waals surface area (Å²) in [5, 5.41) is 25.1. The van der Waals surface area contributed by atoms with Gasteiger partial charge in [0, 0.05) is 58.6 Å². The quantitative estimate of drug-likeness (QED) is 0.674. The number of nitrogens with one attached hydrogen (secondary N) is 1. The third-order valence-corrected chi connectivity index (χ3v) is 6.20. The average molecular weight is 399 g/mol. The van der Waals surface area contributed by atoms with Crippen LogP contribution in [0.2, 0.25) is 0 Å². The lowest BCUT2D eigenvalue weighted by Gasteiger charge is -2.38. The predicted molar refractivity (Wildman–Crippen MR) is 111 cm³/mol. The largest absolute Gasteiger partial charge is 0.388 e. The van der Waals surface area contributed by atoms with Gasteiger partial charge in [-0.05, 0) is 37.5 Å². The molecule has 4 rings (SSSR count). The van der Waals surface area contributed by atoms with Gasteiger partial charge in [0.15, 0.2) is 0 Å². The number of piperidine rings is 1. The third kappa shape index (κ3) is 4.34. The maximum Gasteiger partial charge on any atom is 0.219 e. The molecule has 0 bridgehead atoms. The van der Waals surface area contributed by atoms with Gasteiger partial charge in [-0.3, -0.25) is 14.8 Å². The summed E-state index contributed by atoms with van der Waals surface area (Å²) in [7, 11) is 0. The van der Waals surface area contributed by atoms with Crippen LogP contribution in [0.5, 0.6) is 0 Å². The van der Waals surface area contributed by atoms with E-state index in [4.69, 9.17) is 0 Å². The Hall–Kier alpha value is -2.29. The second-order valence-corrected chi connectivity index (χ2v) is 8.43. The molecule has 0 aliphatic carbocycles. The van der Waals surface area contributed by atoms with Crippen LogP contribution in [0, 0.1) is 0 Å². The molecule has 2 aliphatic heterocycles. The fraction of sp³-hybridized carbons (Fsp3) is 0.571. The molecular weight excluding hydrogens is 370 g/mol. The van der Waals surface area contributed by atoms with Crippen molar-refractivity contribution in [3.05, 3.63) is 30.6 Å². The number of fused-ring (bicyclic) bond motifs is 1. The number of hydrogen-bond acceptors (Lipinski definition) is 7. The number of aliphatic hydroxyl groups is 2. The molecule has 2 saturated heterocycles. The number of pyridine rings is 2. The van der Waals surface area contributed by atoms with Gasteiger partial charge in [0.1, 0.15) is 5.52 Å².